The Labute approximate surface area is 62.0 Å². The summed E-state index contributed by atoms with van der Waals surface area (Å²) in [5, 5.41) is 0. The van der Waals surface area contributed by atoms with Crippen molar-refractivity contribution in [2.24, 2.45) is 0 Å². The van der Waals surface area contributed by atoms with E-state index in [0.29, 0.717) is 0 Å². The van der Waals surface area contributed by atoms with Crippen LogP contribution < -0.4 is 0 Å². The van der Waals surface area contributed by atoms with Gasteiger partial charge in [0.2, 0.25) is 0 Å². The third-order valence-electron chi connectivity index (χ3n) is 0.252. The average Bonchev–Trinajstić information content (AvgIpc) is 1.27. The van der Waals surface area contributed by atoms with Crippen molar-refractivity contribution in [3.05, 3.63) is 10.6 Å². The maximum atomic E-state index is 5.19. The lowest BCUT2D eigenvalue weighted by Crippen LogP contribution is -1.73. The number of halogens is 4. The van der Waals surface area contributed by atoms with E-state index < -0.39 is 4.84 Å². The molecule has 0 bridgehead atoms. The van der Waals surface area contributed by atoms with Crippen molar-refractivity contribution in [2.45, 2.75) is 4.84 Å². The maximum absolute atomic E-state index is 5.19. The highest BCUT2D eigenvalue weighted by Crippen LogP contribution is 2.12. The Morgan fingerprint density at radius 2 is 1.71 bits per heavy atom. The van der Waals surface area contributed by atoms with Gasteiger partial charge in [-0.05, 0) is 6.08 Å². The summed E-state index contributed by atoms with van der Waals surface area (Å²) in [6, 6.07) is 0. The zero-order valence-electron chi connectivity index (χ0n) is 3.17. The van der Waals surface area contributed by atoms with Crippen LogP contribution in [0.4, 0.5) is 0 Å². The van der Waals surface area contributed by atoms with E-state index in [-0.39, 0.29) is 4.49 Å². The smallest absolute Gasteiger partial charge is 0.101 e. The van der Waals surface area contributed by atoms with Gasteiger partial charge in [-0.15, -0.1) is 23.2 Å². The van der Waals surface area contributed by atoms with Crippen LogP contribution in [0, 0.1) is 0 Å². The first-order valence-corrected chi connectivity index (χ1v) is 3.07. The summed E-state index contributed by atoms with van der Waals surface area (Å²) in [5.74, 6) is 0. The van der Waals surface area contributed by atoms with Crippen molar-refractivity contribution < 1.29 is 0 Å². The van der Waals surface area contributed by atoms with Crippen LogP contribution >= 0.6 is 46.4 Å². The van der Waals surface area contributed by atoms with Gasteiger partial charge in [-0.25, -0.2) is 0 Å². The van der Waals surface area contributed by atoms with Crippen LogP contribution in [0.2, 0.25) is 0 Å². The molecular formula is C3H2Cl4. The third kappa shape index (κ3) is 6.90. The number of allylic oxidation sites excluding steroid dienone is 1. The molecule has 0 aromatic rings. The van der Waals surface area contributed by atoms with Gasteiger partial charge in [-0.2, -0.15) is 0 Å². The molecule has 0 nitrogen and oxygen atoms in total. The quantitative estimate of drug-likeness (QED) is 0.543. The Morgan fingerprint density at radius 1 is 1.29 bits per heavy atom. The minimum absolute atomic E-state index is 0.0926. The SMILES string of the molecule is ClC(Cl)=CC(Cl)Cl. The molecule has 7 heavy (non-hydrogen) atoms. The van der Waals surface area contributed by atoms with E-state index in [1.807, 2.05) is 0 Å². The molecule has 0 N–H and O–H groups in total. The standard InChI is InChI=1S/C3H2Cl4/c4-2(5)1-3(6)7/h1-2H. The molecule has 0 aliphatic heterocycles. The van der Waals surface area contributed by atoms with E-state index in [0.717, 1.165) is 0 Å². The summed E-state index contributed by atoms with van der Waals surface area (Å²) in [6.07, 6.45) is 1.31. The highest BCUT2D eigenvalue weighted by molar-refractivity contribution is 6.57. The van der Waals surface area contributed by atoms with Crippen molar-refractivity contribution in [3.63, 3.8) is 0 Å². The molecule has 0 radical (unpaired) electrons. The van der Waals surface area contributed by atoms with Gasteiger partial charge in [0.15, 0.2) is 0 Å². The molecule has 0 heterocycles. The van der Waals surface area contributed by atoms with Gasteiger partial charge in [-0.3, -0.25) is 0 Å². The van der Waals surface area contributed by atoms with Crippen molar-refractivity contribution >= 4 is 46.4 Å². The zero-order valence-corrected chi connectivity index (χ0v) is 6.19. The van der Waals surface area contributed by atoms with Gasteiger partial charge in [0.05, 0.1) is 0 Å². The average molecular weight is 180 g/mol. The van der Waals surface area contributed by atoms with Gasteiger partial charge in [0, 0.05) is 0 Å². The second-order valence-electron chi connectivity index (χ2n) is 0.791. The summed E-state index contributed by atoms with van der Waals surface area (Å²) >= 11 is 20.6. The topological polar surface area (TPSA) is 0 Å². The molecule has 4 heteroatoms. The van der Waals surface area contributed by atoms with Crippen LogP contribution in [-0.2, 0) is 0 Å². The van der Waals surface area contributed by atoms with Crippen LogP contribution in [0.5, 0.6) is 0 Å². The Hall–Kier alpha value is 0.900. The molecule has 0 saturated carbocycles. The zero-order chi connectivity index (χ0) is 5.86. The first-order valence-electron chi connectivity index (χ1n) is 1.44. The highest BCUT2D eigenvalue weighted by Gasteiger charge is 1.91. The second-order valence-corrected chi connectivity index (χ2v) is 2.96. The fraction of sp³-hybridized carbons (Fsp3) is 0.333. The molecular weight excluding hydrogens is 178 g/mol. The van der Waals surface area contributed by atoms with Crippen molar-refractivity contribution in [2.75, 3.05) is 0 Å². The van der Waals surface area contributed by atoms with Crippen LogP contribution in [0.3, 0.4) is 0 Å². The van der Waals surface area contributed by atoms with E-state index in [9.17, 15) is 0 Å². The summed E-state index contributed by atoms with van der Waals surface area (Å²) < 4.78 is 0.0926. The summed E-state index contributed by atoms with van der Waals surface area (Å²) in [6.45, 7) is 0. The summed E-state index contributed by atoms with van der Waals surface area (Å²) in [5.41, 5.74) is 0. The number of rotatable bonds is 1. The van der Waals surface area contributed by atoms with E-state index in [1.54, 1.807) is 0 Å². The normalized spacial score (nSPS) is 9.29. The highest BCUT2D eigenvalue weighted by atomic mass is 35.5. The largest absolute Gasteiger partial charge is 0.128 e. The van der Waals surface area contributed by atoms with Gasteiger partial charge >= 0.3 is 0 Å². The minimum atomic E-state index is -0.606. The lowest BCUT2D eigenvalue weighted by atomic mass is 10.7. The monoisotopic (exact) mass is 178 g/mol. The van der Waals surface area contributed by atoms with Gasteiger partial charge < -0.3 is 0 Å². The van der Waals surface area contributed by atoms with Crippen LogP contribution in [0.25, 0.3) is 0 Å². The van der Waals surface area contributed by atoms with Crippen LogP contribution in [0.15, 0.2) is 10.6 Å². The van der Waals surface area contributed by atoms with Crippen LogP contribution in [-0.4, -0.2) is 4.84 Å². The lowest BCUT2D eigenvalue weighted by molar-refractivity contribution is 1.61. The lowest BCUT2D eigenvalue weighted by Gasteiger charge is -1.84. The third-order valence-corrected chi connectivity index (χ3v) is 0.756. The summed E-state index contributed by atoms with van der Waals surface area (Å²) in [7, 11) is 0. The van der Waals surface area contributed by atoms with E-state index >= 15 is 0 Å². The maximum Gasteiger partial charge on any atom is 0.128 e. The van der Waals surface area contributed by atoms with Crippen LogP contribution in [0.1, 0.15) is 0 Å². The van der Waals surface area contributed by atoms with Crippen molar-refractivity contribution in [3.8, 4) is 0 Å². The number of alkyl halides is 2. The van der Waals surface area contributed by atoms with E-state index in [2.05, 4.69) is 0 Å². The fourth-order valence-electron chi connectivity index (χ4n) is 0.0952. The molecule has 0 unspecified atom stereocenters. The van der Waals surface area contributed by atoms with E-state index in [1.165, 1.54) is 6.08 Å². The van der Waals surface area contributed by atoms with Crippen molar-refractivity contribution in [1.82, 2.24) is 0 Å². The molecule has 0 fully saturated rings. The Balaban J connectivity index is 3.45. The number of hydrogen-bond donors (Lipinski definition) is 0. The van der Waals surface area contributed by atoms with Crippen molar-refractivity contribution in [1.29, 1.82) is 0 Å². The first kappa shape index (κ1) is 7.90. The van der Waals surface area contributed by atoms with E-state index in [4.69, 9.17) is 46.4 Å². The first-order chi connectivity index (χ1) is 3.13. The molecule has 0 spiro atoms. The molecule has 0 aromatic carbocycles. The Morgan fingerprint density at radius 3 is 1.71 bits per heavy atom. The molecule has 0 aliphatic rings. The molecule has 0 saturated heterocycles. The molecule has 0 rings (SSSR count). The van der Waals surface area contributed by atoms with Gasteiger partial charge in [0.25, 0.3) is 0 Å². The molecule has 0 atom stereocenters. The van der Waals surface area contributed by atoms with Gasteiger partial charge in [-0.1, -0.05) is 23.2 Å². The summed E-state index contributed by atoms with van der Waals surface area (Å²) in [4.78, 5) is -0.606. The molecule has 42 valence electrons. The molecule has 0 aromatic heterocycles. The second kappa shape index (κ2) is 3.85. The Kier molecular flexibility index (Phi) is 4.34. The predicted molar refractivity (Wildman–Crippen MR) is 35.3 cm³/mol. The Bertz CT molecular complexity index is 71.0. The fourth-order valence-corrected chi connectivity index (χ4v) is 0.857. The van der Waals surface area contributed by atoms with Gasteiger partial charge in [0.1, 0.15) is 9.33 Å². The predicted octanol–water partition coefficient (Wildman–Crippen LogP) is 3.11. The molecule has 0 amide bonds. The minimum Gasteiger partial charge on any atom is -0.101 e. The molecule has 0 aliphatic carbocycles. The number of hydrogen-bond acceptors (Lipinski definition) is 0.